The molecule has 0 spiro atoms. The third-order valence-electron chi connectivity index (χ3n) is 5.75. The molecule has 1 heterocycles. The van der Waals surface area contributed by atoms with Gasteiger partial charge in [-0.3, -0.25) is 10.1 Å². The van der Waals surface area contributed by atoms with Gasteiger partial charge in [0.1, 0.15) is 11.5 Å². The van der Waals surface area contributed by atoms with Gasteiger partial charge in [-0.05, 0) is 72.5 Å². The van der Waals surface area contributed by atoms with Crippen LogP contribution in [0.5, 0.6) is 11.5 Å². The van der Waals surface area contributed by atoms with E-state index in [9.17, 15) is 13.2 Å². The number of benzene rings is 3. The third kappa shape index (κ3) is 7.53. The predicted octanol–water partition coefficient (Wildman–Crippen LogP) is 7.16. The number of hydrogen-bond donors (Lipinski definition) is 1. The Balaban J connectivity index is 1.41. The van der Waals surface area contributed by atoms with E-state index >= 15 is 0 Å². The van der Waals surface area contributed by atoms with E-state index in [2.05, 4.69) is 10.3 Å². The van der Waals surface area contributed by atoms with Gasteiger partial charge in [0.2, 0.25) is 10.0 Å². The lowest BCUT2D eigenvalue weighted by Gasteiger charge is -2.25. The zero-order valence-electron chi connectivity index (χ0n) is 22.5. The number of anilines is 1. The molecule has 1 amide bonds. The average Bonchev–Trinajstić information content (AvgIpc) is 3.37. The third-order valence-corrected chi connectivity index (χ3v) is 8.35. The molecule has 0 aliphatic heterocycles. The maximum absolute atomic E-state index is 13.2. The summed E-state index contributed by atoms with van der Waals surface area (Å²) in [6.07, 6.45) is 0. The number of aromatic nitrogens is 1. The first-order valence-corrected chi connectivity index (χ1v) is 15.1. The van der Waals surface area contributed by atoms with Crippen LogP contribution < -0.4 is 10.1 Å². The van der Waals surface area contributed by atoms with E-state index in [1.807, 2.05) is 87.7 Å². The van der Waals surface area contributed by atoms with Crippen LogP contribution in [0.25, 0.3) is 11.3 Å². The van der Waals surface area contributed by atoms with Crippen molar-refractivity contribution in [2.45, 2.75) is 32.6 Å². The molecule has 3 aromatic carbocycles. The van der Waals surface area contributed by atoms with Gasteiger partial charge < -0.3 is 4.74 Å². The van der Waals surface area contributed by atoms with Gasteiger partial charge in [-0.25, -0.2) is 13.4 Å². The van der Waals surface area contributed by atoms with E-state index in [-0.39, 0.29) is 22.6 Å². The zero-order chi connectivity index (χ0) is 28.0. The second-order valence-corrected chi connectivity index (χ2v) is 12.9. The number of sulfonamides is 1. The van der Waals surface area contributed by atoms with Gasteiger partial charge in [0, 0.05) is 29.6 Å². The Bertz CT molecular complexity index is 1470. The van der Waals surface area contributed by atoms with Gasteiger partial charge in [-0.15, -0.1) is 11.3 Å². The topological polar surface area (TPSA) is 88.6 Å². The van der Waals surface area contributed by atoms with Crippen molar-refractivity contribution in [3.05, 3.63) is 89.8 Å². The van der Waals surface area contributed by atoms with E-state index in [0.29, 0.717) is 23.8 Å². The lowest BCUT2D eigenvalue weighted by atomic mass is 10.2. The van der Waals surface area contributed by atoms with Crippen molar-refractivity contribution in [1.29, 1.82) is 0 Å². The minimum absolute atomic E-state index is 0.177. The van der Waals surface area contributed by atoms with Crippen molar-refractivity contribution < 1.29 is 17.9 Å². The van der Waals surface area contributed by atoms with Crippen molar-refractivity contribution in [3.8, 4) is 22.8 Å². The molecule has 204 valence electrons. The number of carbonyl (C=O) groups is 1. The van der Waals surface area contributed by atoms with Crippen LogP contribution in [0.4, 0.5) is 5.13 Å². The van der Waals surface area contributed by atoms with Crippen molar-refractivity contribution >= 4 is 32.4 Å². The van der Waals surface area contributed by atoms with Gasteiger partial charge in [0.15, 0.2) is 5.13 Å². The van der Waals surface area contributed by atoms with Crippen LogP contribution in [-0.4, -0.2) is 36.7 Å². The summed E-state index contributed by atoms with van der Waals surface area (Å²) in [5, 5.41) is 5.14. The van der Waals surface area contributed by atoms with Crippen LogP contribution in [0.3, 0.4) is 0 Å². The van der Waals surface area contributed by atoms with Crippen LogP contribution >= 0.6 is 11.3 Å². The molecule has 0 atom stereocenters. The molecular formula is C30H33N3O4S2. The summed E-state index contributed by atoms with van der Waals surface area (Å²) in [5.41, 5.74) is 1.99. The van der Waals surface area contributed by atoms with Crippen molar-refractivity contribution in [2.24, 2.45) is 11.8 Å². The van der Waals surface area contributed by atoms with E-state index in [1.165, 1.54) is 39.9 Å². The van der Waals surface area contributed by atoms with Gasteiger partial charge in [-0.2, -0.15) is 4.31 Å². The van der Waals surface area contributed by atoms with E-state index in [1.54, 1.807) is 0 Å². The highest BCUT2D eigenvalue weighted by Crippen LogP contribution is 2.28. The molecule has 4 aromatic rings. The summed E-state index contributed by atoms with van der Waals surface area (Å²) in [5.74, 6) is 1.53. The quantitative estimate of drug-likeness (QED) is 0.209. The molecule has 7 nitrogen and oxygen atoms in total. The highest BCUT2D eigenvalue weighted by Gasteiger charge is 2.26. The number of rotatable bonds is 11. The molecular weight excluding hydrogens is 530 g/mol. The SMILES string of the molecule is CC(C)CN(CC(C)C)S(=O)(=O)c1ccc(C(=O)Nc2nc(-c3ccc(Oc4ccccc4)cc3)cs2)cc1. The number of nitrogens with zero attached hydrogens (tertiary/aromatic N) is 2. The minimum Gasteiger partial charge on any atom is -0.457 e. The summed E-state index contributed by atoms with van der Waals surface area (Å²) >= 11 is 1.32. The Morgan fingerprint density at radius 3 is 2.05 bits per heavy atom. The molecule has 4 rings (SSSR count). The molecule has 0 aliphatic carbocycles. The van der Waals surface area contributed by atoms with Gasteiger partial charge >= 0.3 is 0 Å². The number of para-hydroxylation sites is 1. The largest absolute Gasteiger partial charge is 0.457 e. The number of ether oxygens (including phenoxy) is 1. The fourth-order valence-corrected chi connectivity index (χ4v) is 6.45. The van der Waals surface area contributed by atoms with Crippen molar-refractivity contribution in [3.63, 3.8) is 0 Å². The van der Waals surface area contributed by atoms with Crippen LogP contribution in [0.1, 0.15) is 38.1 Å². The Kier molecular flexibility index (Phi) is 9.16. The monoisotopic (exact) mass is 563 g/mol. The lowest BCUT2D eigenvalue weighted by Crippen LogP contribution is -2.37. The Morgan fingerprint density at radius 1 is 0.872 bits per heavy atom. The molecule has 0 fully saturated rings. The van der Waals surface area contributed by atoms with Crippen molar-refractivity contribution in [2.75, 3.05) is 18.4 Å². The smallest absolute Gasteiger partial charge is 0.257 e. The van der Waals surface area contributed by atoms with Crippen LogP contribution in [0.15, 0.2) is 89.1 Å². The molecule has 9 heteroatoms. The molecule has 0 saturated carbocycles. The molecule has 1 aromatic heterocycles. The van der Waals surface area contributed by atoms with E-state index in [0.717, 1.165) is 22.8 Å². The highest BCUT2D eigenvalue weighted by atomic mass is 32.2. The fourth-order valence-electron chi connectivity index (χ4n) is 3.96. The number of thiazole rings is 1. The number of carbonyl (C=O) groups excluding carboxylic acids is 1. The molecule has 39 heavy (non-hydrogen) atoms. The first-order chi connectivity index (χ1) is 18.6. The number of nitrogens with one attached hydrogen (secondary N) is 1. The summed E-state index contributed by atoms with van der Waals surface area (Å²) in [6, 6.07) is 23.2. The zero-order valence-corrected chi connectivity index (χ0v) is 24.1. The lowest BCUT2D eigenvalue weighted by molar-refractivity contribution is 0.102. The first-order valence-electron chi connectivity index (χ1n) is 12.8. The maximum atomic E-state index is 13.2. The number of amides is 1. The first kappa shape index (κ1) is 28.5. The van der Waals surface area contributed by atoms with E-state index in [4.69, 9.17) is 4.74 Å². The average molecular weight is 564 g/mol. The second-order valence-electron chi connectivity index (χ2n) is 10.1. The predicted molar refractivity (Wildman–Crippen MR) is 157 cm³/mol. The Hall–Kier alpha value is -3.53. The van der Waals surface area contributed by atoms with Gasteiger partial charge in [0.05, 0.1) is 10.6 Å². The van der Waals surface area contributed by atoms with Crippen molar-refractivity contribution in [1.82, 2.24) is 9.29 Å². The molecule has 0 unspecified atom stereocenters. The molecule has 0 bridgehead atoms. The highest BCUT2D eigenvalue weighted by molar-refractivity contribution is 7.89. The number of hydrogen-bond acceptors (Lipinski definition) is 6. The molecule has 0 radical (unpaired) electrons. The minimum atomic E-state index is -3.66. The standard InChI is InChI=1S/C30H33N3O4S2/c1-21(2)18-33(19-22(3)4)39(35,36)27-16-12-24(13-17-27)29(34)32-30-31-28(20-38-30)23-10-14-26(15-11-23)37-25-8-6-5-7-9-25/h5-17,20-22H,18-19H2,1-4H3,(H,31,32,34). The molecule has 1 N–H and O–H groups in total. The van der Waals surface area contributed by atoms with Crippen LogP contribution in [-0.2, 0) is 10.0 Å². The van der Waals surface area contributed by atoms with Crippen LogP contribution in [0.2, 0.25) is 0 Å². The summed E-state index contributed by atoms with van der Waals surface area (Å²) in [7, 11) is -3.66. The summed E-state index contributed by atoms with van der Waals surface area (Å²) in [6.45, 7) is 8.87. The second kappa shape index (κ2) is 12.5. The van der Waals surface area contributed by atoms with Gasteiger partial charge in [0.25, 0.3) is 5.91 Å². The summed E-state index contributed by atoms with van der Waals surface area (Å²) < 4.78 is 33.8. The Labute approximate surface area is 234 Å². The molecule has 0 saturated heterocycles. The van der Waals surface area contributed by atoms with E-state index < -0.39 is 10.0 Å². The maximum Gasteiger partial charge on any atom is 0.257 e. The summed E-state index contributed by atoms with van der Waals surface area (Å²) in [4.78, 5) is 17.6. The van der Waals surface area contributed by atoms with Crippen LogP contribution in [0, 0.1) is 11.8 Å². The fraction of sp³-hybridized carbons (Fsp3) is 0.267. The normalized spacial score (nSPS) is 11.8. The van der Waals surface area contributed by atoms with Gasteiger partial charge in [-0.1, -0.05) is 45.9 Å². The molecule has 0 aliphatic rings. The Morgan fingerprint density at radius 2 is 1.46 bits per heavy atom.